The van der Waals surface area contributed by atoms with Gasteiger partial charge in [0.25, 0.3) is 0 Å². The van der Waals surface area contributed by atoms with Crippen LogP contribution in [-0.2, 0) is 21.1 Å². The van der Waals surface area contributed by atoms with Gasteiger partial charge < -0.3 is 10.6 Å². The minimum atomic E-state index is -3.57. The molecule has 1 saturated heterocycles. The fourth-order valence-electron chi connectivity index (χ4n) is 3.10. The van der Waals surface area contributed by atoms with Crippen LogP contribution in [0.3, 0.4) is 0 Å². The van der Waals surface area contributed by atoms with Crippen LogP contribution in [0.15, 0.2) is 30.5 Å². The highest BCUT2D eigenvalue weighted by Gasteiger charge is 2.48. The van der Waals surface area contributed by atoms with E-state index in [-0.39, 0.29) is 18.7 Å². The lowest BCUT2D eigenvalue weighted by Gasteiger charge is -2.33. The van der Waals surface area contributed by atoms with Crippen LogP contribution in [0.25, 0.3) is 0 Å². The summed E-state index contributed by atoms with van der Waals surface area (Å²) in [6.07, 6.45) is 3.68. The van der Waals surface area contributed by atoms with Crippen LogP contribution in [0.5, 0.6) is 0 Å². The molecular formula is C17H20FN3O3S2. The Morgan fingerprint density at radius 3 is 2.77 bits per heavy atom. The van der Waals surface area contributed by atoms with Crippen molar-refractivity contribution in [1.82, 2.24) is 10.3 Å². The van der Waals surface area contributed by atoms with Crippen LogP contribution < -0.4 is 10.6 Å². The number of aromatic nitrogens is 1. The van der Waals surface area contributed by atoms with Gasteiger partial charge in [-0.3, -0.25) is 4.79 Å². The molecule has 9 heteroatoms. The summed E-state index contributed by atoms with van der Waals surface area (Å²) in [5.41, 5.74) is 0.803. The number of amides is 1. The van der Waals surface area contributed by atoms with Gasteiger partial charge in [0.15, 0.2) is 19.7 Å². The van der Waals surface area contributed by atoms with Crippen molar-refractivity contribution in [3.05, 3.63) is 46.7 Å². The highest BCUT2D eigenvalue weighted by molar-refractivity contribution is 7.92. The Labute approximate surface area is 155 Å². The van der Waals surface area contributed by atoms with Crippen LogP contribution in [0, 0.1) is 5.82 Å². The van der Waals surface area contributed by atoms with E-state index in [9.17, 15) is 17.6 Å². The molecule has 2 heterocycles. The number of nitrogens with one attached hydrogen (secondary N) is 2. The van der Waals surface area contributed by atoms with Crippen molar-refractivity contribution in [2.75, 3.05) is 24.7 Å². The number of carbonyl (C=O) groups is 1. The summed E-state index contributed by atoms with van der Waals surface area (Å²) in [6, 6.07) is 6.28. The van der Waals surface area contributed by atoms with E-state index < -0.39 is 20.5 Å². The van der Waals surface area contributed by atoms with Crippen molar-refractivity contribution in [2.45, 2.75) is 24.0 Å². The zero-order chi connectivity index (χ0) is 18.8. The highest BCUT2D eigenvalue weighted by atomic mass is 32.2. The Morgan fingerprint density at radius 1 is 1.38 bits per heavy atom. The summed E-state index contributed by atoms with van der Waals surface area (Å²) in [6.45, 7) is 0.951. The third kappa shape index (κ3) is 3.94. The number of carbonyl (C=O) groups excluding carboxylic acids is 1. The summed E-state index contributed by atoms with van der Waals surface area (Å²) in [5, 5.41) is 6.09. The van der Waals surface area contributed by atoms with Gasteiger partial charge in [0.1, 0.15) is 5.82 Å². The quantitative estimate of drug-likeness (QED) is 0.805. The fourth-order valence-corrected chi connectivity index (χ4v) is 5.28. The molecule has 1 fully saturated rings. The normalized spacial score (nSPS) is 17.0. The van der Waals surface area contributed by atoms with Crippen LogP contribution in [0.1, 0.15) is 23.3 Å². The van der Waals surface area contributed by atoms with Crippen molar-refractivity contribution in [3.63, 3.8) is 0 Å². The molecule has 6 nitrogen and oxygen atoms in total. The van der Waals surface area contributed by atoms with Gasteiger partial charge in [-0.2, -0.15) is 0 Å². The number of benzene rings is 1. The molecule has 3 rings (SSSR count). The van der Waals surface area contributed by atoms with E-state index in [1.54, 1.807) is 12.3 Å². The first-order valence-corrected chi connectivity index (χ1v) is 10.9. The number of thiazole rings is 1. The average Bonchev–Trinajstić information content (AvgIpc) is 3.01. The van der Waals surface area contributed by atoms with Crippen LogP contribution in [-0.4, -0.2) is 43.4 Å². The monoisotopic (exact) mass is 397 g/mol. The summed E-state index contributed by atoms with van der Waals surface area (Å²) in [5.74, 6) is -0.838. The van der Waals surface area contributed by atoms with Gasteiger partial charge in [0.05, 0.1) is 0 Å². The predicted molar refractivity (Wildman–Crippen MR) is 99.6 cm³/mol. The minimum absolute atomic E-state index is 0.235. The molecule has 0 bridgehead atoms. The molecule has 0 unspecified atom stereocenters. The van der Waals surface area contributed by atoms with E-state index >= 15 is 0 Å². The molecule has 1 aliphatic rings. The predicted octanol–water partition coefficient (Wildman–Crippen LogP) is 1.98. The van der Waals surface area contributed by atoms with E-state index in [2.05, 4.69) is 15.6 Å². The van der Waals surface area contributed by atoms with Gasteiger partial charge in [-0.15, -0.1) is 11.3 Å². The van der Waals surface area contributed by atoms with E-state index in [4.69, 9.17) is 0 Å². The van der Waals surface area contributed by atoms with Gasteiger partial charge in [0, 0.05) is 23.8 Å². The maximum atomic E-state index is 13.3. The molecule has 1 amide bonds. The number of halogens is 1. The summed E-state index contributed by atoms with van der Waals surface area (Å²) < 4.78 is 36.4. The van der Waals surface area contributed by atoms with Gasteiger partial charge in [-0.05, 0) is 43.6 Å². The number of piperidine rings is 1. The number of anilines is 1. The third-order valence-electron chi connectivity index (χ3n) is 4.58. The molecule has 1 aromatic heterocycles. The Bertz CT molecular complexity index is 905. The second-order valence-corrected chi connectivity index (χ2v) is 9.85. The summed E-state index contributed by atoms with van der Waals surface area (Å²) in [7, 11) is -3.57. The van der Waals surface area contributed by atoms with Crippen molar-refractivity contribution < 1.29 is 17.6 Å². The molecule has 0 spiro atoms. The zero-order valence-electron chi connectivity index (χ0n) is 14.3. The van der Waals surface area contributed by atoms with Gasteiger partial charge in [-0.1, -0.05) is 12.1 Å². The number of nitrogens with zero attached hydrogens (tertiary/aromatic N) is 1. The second-order valence-electron chi connectivity index (χ2n) is 6.41. The molecule has 2 N–H and O–H groups in total. The lowest BCUT2D eigenvalue weighted by Crippen LogP contribution is -2.55. The first-order valence-electron chi connectivity index (χ1n) is 8.21. The first kappa shape index (κ1) is 18.9. The van der Waals surface area contributed by atoms with Crippen molar-refractivity contribution >= 4 is 32.2 Å². The Kier molecular flexibility index (Phi) is 5.40. The number of rotatable bonds is 5. The molecule has 0 atom stereocenters. The van der Waals surface area contributed by atoms with Gasteiger partial charge in [-0.25, -0.2) is 17.8 Å². The van der Waals surface area contributed by atoms with Gasteiger partial charge >= 0.3 is 0 Å². The Balaban J connectivity index is 1.74. The summed E-state index contributed by atoms with van der Waals surface area (Å²) in [4.78, 5) is 17.8. The van der Waals surface area contributed by atoms with Crippen molar-refractivity contribution in [3.8, 4) is 0 Å². The number of hydrogen-bond donors (Lipinski definition) is 2. The average molecular weight is 397 g/mol. The summed E-state index contributed by atoms with van der Waals surface area (Å²) >= 11 is 1.26. The second kappa shape index (κ2) is 7.42. The molecule has 26 heavy (non-hydrogen) atoms. The molecule has 1 aliphatic heterocycles. The molecule has 0 saturated carbocycles. The SMILES string of the molecule is CS(=O)(=O)C1(C(=O)Nc2ncc(Cc3cccc(F)c3)s2)CCNCC1. The minimum Gasteiger partial charge on any atom is -0.317 e. The van der Waals surface area contributed by atoms with Crippen molar-refractivity contribution in [1.29, 1.82) is 0 Å². The molecule has 0 aliphatic carbocycles. The molecule has 0 radical (unpaired) electrons. The Morgan fingerprint density at radius 2 is 2.12 bits per heavy atom. The van der Waals surface area contributed by atoms with Crippen LogP contribution >= 0.6 is 11.3 Å². The maximum Gasteiger partial charge on any atom is 0.247 e. The number of sulfone groups is 1. The lowest BCUT2D eigenvalue weighted by atomic mass is 9.96. The first-order chi connectivity index (χ1) is 12.3. The number of hydrogen-bond acceptors (Lipinski definition) is 6. The van der Waals surface area contributed by atoms with Crippen LogP contribution in [0.2, 0.25) is 0 Å². The van der Waals surface area contributed by atoms with E-state index in [1.165, 1.54) is 23.5 Å². The van der Waals surface area contributed by atoms with Gasteiger partial charge in [0.2, 0.25) is 5.91 Å². The topological polar surface area (TPSA) is 88.2 Å². The zero-order valence-corrected chi connectivity index (χ0v) is 15.9. The van der Waals surface area contributed by atoms with Crippen molar-refractivity contribution in [2.24, 2.45) is 0 Å². The maximum absolute atomic E-state index is 13.3. The fraction of sp³-hybridized carbons (Fsp3) is 0.412. The van der Waals surface area contributed by atoms with E-state index in [0.717, 1.165) is 16.7 Å². The van der Waals surface area contributed by atoms with E-state index in [0.29, 0.717) is 24.6 Å². The molecule has 2 aromatic rings. The lowest BCUT2D eigenvalue weighted by molar-refractivity contribution is -0.119. The third-order valence-corrected chi connectivity index (χ3v) is 7.50. The highest BCUT2D eigenvalue weighted by Crippen LogP contribution is 2.30. The van der Waals surface area contributed by atoms with E-state index in [1.807, 2.05) is 6.07 Å². The molecule has 1 aromatic carbocycles. The molecule has 140 valence electrons. The standard InChI is InChI=1S/C17H20FN3O3S2/c1-26(23,24)17(5-7-19-8-6-17)15(22)21-16-20-11-14(25-16)10-12-3-2-4-13(18)9-12/h2-4,9,11,19H,5-8,10H2,1H3,(H,20,21,22). The van der Waals surface area contributed by atoms with Crippen LogP contribution in [0.4, 0.5) is 9.52 Å². The molecular weight excluding hydrogens is 377 g/mol. The largest absolute Gasteiger partial charge is 0.317 e. The Hall–Kier alpha value is -1.84. The smallest absolute Gasteiger partial charge is 0.247 e.